The maximum atomic E-state index is 11.9. The standard InChI is InChI=1S/C12H17BrN2O/c1-3-8-12(2,14)11(16)15-10-7-5-4-6-9(10)13/h4-7H,3,8,14H2,1-2H3,(H,15,16). The Morgan fingerprint density at radius 1 is 1.50 bits per heavy atom. The van der Waals surface area contributed by atoms with Gasteiger partial charge in [0, 0.05) is 4.47 Å². The van der Waals surface area contributed by atoms with Crippen LogP contribution >= 0.6 is 15.9 Å². The van der Waals surface area contributed by atoms with Crippen LogP contribution in [-0.2, 0) is 4.79 Å². The molecule has 1 rings (SSSR count). The summed E-state index contributed by atoms with van der Waals surface area (Å²) in [5.74, 6) is -0.152. The van der Waals surface area contributed by atoms with E-state index < -0.39 is 5.54 Å². The summed E-state index contributed by atoms with van der Waals surface area (Å²) in [6.07, 6.45) is 1.56. The largest absolute Gasteiger partial charge is 0.323 e. The van der Waals surface area contributed by atoms with Crippen molar-refractivity contribution in [3.8, 4) is 0 Å². The molecule has 0 heterocycles. The molecule has 0 saturated heterocycles. The molecule has 0 fully saturated rings. The van der Waals surface area contributed by atoms with Crippen molar-refractivity contribution in [2.75, 3.05) is 5.32 Å². The number of rotatable bonds is 4. The number of hydrogen-bond donors (Lipinski definition) is 2. The summed E-state index contributed by atoms with van der Waals surface area (Å²) in [5.41, 5.74) is 5.88. The molecule has 1 aromatic rings. The van der Waals surface area contributed by atoms with Crippen LogP contribution in [0.3, 0.4) is 0 Å². The molecule has 0 aliphatic carbocycles. The highest BCUT2D eigenvalue weighted by atomic mass is 79.9. The highest BCUT2D eigenvalue weighted by Crippen LogP contribution is 2.22. The molecule has 16 heavy (non-hydrogen) atoms. The Balaban J connectivity index is 2.75. The van der Waals surface area contributed by atoms with Crippen LogP contribution in [0.5, 0.6) is 0 Å². The quantitative estimate of drug-likeness (QED) is 0.893. The first kappa shape index (κ1) is 13.2. The van der Waals surface area contributed by atoms with E-state index in [1.165, 1.54) is 0 Å². The van der Waals surface area contributed by atoms with E-state index in [1.54, 1.807) is 6.92 Å². The van der Waals surface area contributed by atoms with E-state index in [4.69, 9.17) is 5.73 Å². The number of benzene rings is 1. The minimum atomic E-state index is -0.815. The summed E-state index contributed by atoms with van der Waals surface area (Å²) in [5, 5.41) is 2.82. The van der Waals surface area contributed by atoms with Crippen molar-refractivity contribution in [2.24, 2.45) is 5.73 Å². The average molecular weight is 285 g/mol. The zero-order valence-electron chi connectivity index (χ0n) is 9.59. The van der Waals surface area contributed by atoms with Gasteiger partial charge in [0.25, 0.3) is 0 Å². The van der Waals surface area contributed by atoms with Gasteiger partial charge in [-0.1, -0.05) is 25.5 Å². The van der Waals surface area contributed by atoms with E-state index in [2.05, 4.69) is 21.2 Å². The van der Waals surface area contributed by atoms with Crippen LogP contribution in [-0.4, -0.2) is 11.4 Å². The molecule has 1 aromatic carbocycles. The Morgan fingerprint density at radius 2 is 2.12 bits per heavy atom. The van der Waals surface area contributed by atoms with E-state index in [0.29, 0.717) is 6.42 Å². The van der Waals surface area contributed by atoms with Crippen LogP contribution in [0.15, 0.2) is 28.7 Å². The van der Waals surface area contributed by atoms with Gasteiger partial charge in [0.05, 0.1) is 11.2 Å². The number of amides is 1. The van der Waals surface area contributed by atoms with Gasteiger partial charge in [-0.25, -0.2) is 0 Å². The molecule has 0 aromatic heterocycles. The molecular weight excluding hydrogens is 268 g/mol. The Bertz CT molecular complexity index is 377. The molecule has 3 N–H and O–H groups in total. The fourth-order valence-electron chi connectivity index (χ4n) is 1.46. The van der Waals surface area contributed by atoms with Crippen LogP contribution in [0.4, 0.5) is 5.69 Å². The number of carbonyl (C=O) groups excluding carboxylic acids is 1. The van der Waals surface area contributed by atoms with Gasteiger partial charge in [-0.15, -0.1) is 0 Å². The van der Waals surface area contributed by atoms with Crippen LogP contribution in [0.25, 0.3) is 0 Å². The molecule has 3 nitrogen and oxygen atoms in total. The molecule has 0 saturated carbocycles. The molecule has 4 heteroatoms. The zero-order valence-corrected chi connectivity index (χ0v) is 11.2. The lowest BCUT2D eigenvalue weighted by molar-refractivity contribution is -0.120. The highest BCUT2D eigenvalue weighted by Gasteiger charge is 2.27. The molecular formula is C12H17BrN2O. The van der Waals surface area contributed by atoms with Gasteiger partial charge in [0.1, 0.15) is 0 Å². The van der Waals surface area contributed by atoms with E-state index in [0.717, 1.165) is 16.6 Å². The lowest BCUT2D eigenvalue weighted by Gasteiger charge is -2.23. The predicted octanol–water partition coefficient (Wildman–Crippen LogP) is 2.91. The molecule has 0 aliphatic heterocycles. The number of nitrogens with one attached hydrogen (secondary N) is 1. The van der Waals surface area contributed by atoms with Crippen LogP contribution in [0.2, 0.25) is 0 Å². The van der Waals surface area contributed by atoms with Gasteiger partial charge in [-0.05, 0) is 41.4 Å². The molecule has 1 atom stereocenters. The number of carbonyl (C=O) groups is 1. The van der Waals surface area contributed by atoms with Crippen molar-refractivity contribution >= 4 is 27.5 Å². The number of hydrogen-bond acceptors (Lipinski definition) is 2. The summed E-state index contributed by atoms with van der Waals surface area (Å²) in [7, 11) is 0. The molecule has 1 amide bonds. The van der Waals surface area contributed by atoms with Gasteiger partial charge >= 0.3 is 0 Å². The number of para-hydroxylation sites is 1. The normalized spacial score (nSPS) is 14.2. The lowest BCUT2D eigenvalue weighted by Crippen LogP contribution is -2.48. The fraction of sp³-hybridized carbons (Fsp3) is 0.417. The zero-order chi connectivity index (χ0) is 12.2. The van der Waals surface area contributed by atoms with Crippen LogP contribution in [0.1, 0.15) is 26.7 Å². The van der Waals surface area contributed by atoms with Crippen molar-refractivity contribution in [1.82, 2.24) is 0 Å². The third-order valence-electron chi connectivity index (χ3n) is 2.41. The first-order valence-electron chi connectivity index (χ1n) is 5.32. The molecule has 1 unspecified atom stereocenters. The smallest absolute Gasteiger partial charge is 0.244 e. The van der Waals surface area contributed by atoms with Crippen LogP contribution in [0, 0.1) is 0 Å². The number of nitrogens with two attached hydrogens (primary N) is 1. The molecule has 88 valence electrons. The Hall–Kier alpha value is -0.870. The summed E-state index contributed by atoms with van der Waals surface area (Å²) < 4.78 is 0.857. The van der Waals surface area contributed by atoms with Gasteiger partial charge in [0.2, 0.25) is 5.91 Å². The summed E-state index contributed by atoms with van der Waals surface area (Å²) in [6, 6.07) is 7.48. The maximum Gasteiger partial charge on any atom is 0.244 e. The molecule has 0 aliphatic rings. The Labute approximate surface area is 105 Å². The van der Waals surface area contributed by atoms with Gasteiger partial charge in [-0.2, -0.15) is 0 Å². The molecule has 0 radical (unpaired) electrons. The average Bonchev–Trinajstić information content (AvgIpc) is 2.21. The van der Waals surface area contributed by atoms with Gasteiger partial charge < -0.3 is 11.1 Å². The van der Waals surface area contributed by atoms with Gasteiger partial charge in [-0.3, -0.25) is 4.79 Å². The summed E-state index contributed by atoms with van der Waals surface area (Å²) in [4.78, 5) is 11.9. The number of halogens is 1. The minimum absolute atomic E-state index is 0.152. The van der Waals surface area contributed by atoms with Crippen molar-refractivity contribution in [3.63, 3.8) is 0 Å². The third kappa shape index (κ3) is 3.32. The second-order valence-corrected chi connectivity index (χ2v) is 4.96. The van der Waals surface area contributed by atoms with E-state index in [-0.39, 0.29) is 5.91 Å². The molecule has 0 bridgehead atoms. The highest BCUT2D eigenvalue weighted by molar-refractivity contribution is 9.10. The Kier molecular flexibility index (Phi) is 4.50. The SMILES string of the molecule is CCCC(C)(N)C(=O)Nc1ccccc1Br. The summed E-state index contributed by atoms with van der Waals surface area (Å²) >= 11 is 3.37. The first-order chi connectivity index (χ1) is 7.47. The Morgan fingerprint density at radius 3 is 2.69 bits per heavy atom. The third-order valence-corrected chi connectivity index (χ3v) is 3.10. The second kappa shape index (κ2) is 5.46. The van der Waals surface area contributed by atoms with E-state index in [9.17, 15) is 4.79 Å². The van der Waals surface area contributed by atoms with Crippen molar-refractivity contribution in [3.05, 3.63) is 28.7 Å². The fourth-order valence-corrected chi connectivity index (χ4v) is 1.84. The summed E-state index contributed by atoms with van der Waals surface area (Å²) in [6.45, 7) is 3.76. The predicted molar refractivity (Wildman–Crippen MR) is 70.3 cm³/mol. The second-order valence-electron chi connectivity index (χ2n) is 4.10. The van der Waals surface area contributed by atoms with Crippen molar-refractivity contribution in [2.45, 2.75) is 32.2 Å². The lowest BCUT2D eigenvalue weighted by atomic mass is 9.96. The minimum Gasteiger partial charge on any atom is -0.323 e. The number of anilines is 1. The monoisotopic (exact) mass is 284 g/mol. The first-order valence-corrected chi connectivity index (χ1v) is 6.11. The molecule has 0 spiro atoms. The van der Waals surface area contributed by atoms with E-state index >= 15 is 0 Å². The van der Waals surface area contributed by atoms with Crippen molar-refractivity contribution in [1.29, 1.82) is 0 Å². The topological polar surface area (TPSA) is 55.1 Å². The van der Waals surface area contributed by atoms with Crippen LogP contribution < -0.4 is 11.1 Å². The van der Waals surface area contributed by atoms with Gasteiger partial charge in [0.15, 0.2) is 0 Å². The van der Waals surface area contributed by atoms with Crippen molar-refractivity contribution < 1.29 is 4.79 Å². The maximum absolute atomic E-state index is 11.9. The van der Waals surface area contributed by atoms with E-state index in [1.807, 2.05) is 31.2 Å².